The summed E-state index contributed by atoms with van der Waals surface area (Å²) in [6, 6.07) is 8.81. The minimum Gasteiger partial charge on any atom is -0.341 e. The molecule has 0 heterocycles. The van der Waals surface area contributed by atoms with E-state index in [-0.39, 0.29) is 5.91 Å². The number of nitriles is 1. The van der Waals surface area contributed by atoms with E-state index in [1.807, 2.05) is 12.3 Å². The highest BCUT2D eigenvalue weighted by Gasteiger charge is 2.11. The molecule has 0 saturated carbocycles. The largest absolute Gasteiger partial charge is 0.341 e. The average Bonchev–Trinajstić information content (AvgIpc) is 2.35. The summed E-state index contributed by atoms with van der Waals surface area (Å²) in [7, 11) is 1.78. The maximum atomic E-state index is 11.9. The van der Waals surface area contributed by atoms with E-state index in [0.717, 1.165) is 12.3 Å². The first-order valence-corrected chi connectivity index (χ1v) is 6.33. The van der Waals surface area contributed by atoms with Crippen LogP contribution in [-0.4, -0.2) is 36.4 Å². The molecule has 0 aliphatic rings. The molecule has 1 rings (SSSR count). The lowest BCUT2D eigenvalue weighted by molar-refractivity contribution is 0.0803. The minimum atomic E-state index is -0.0360. The van der Waals surface area contributed by atoms with Gasteiger partial charge in [-0.25, -0.2) is 0 Å². The van der Waals surface area contributed by atoms with E-state index in [1.165, 1.54) is 0 Å². The van der Waals surface area contributed by atoms with E-state index in [4.69, 9.17) is 5.26 Å². The highest BCUT2D eigenvalue weighted by molar-refractivity contribution is 7.98. The summed E-state index contributed by atoms with van der Waals surface area (Å²) in [5, 5.41) is 8.75. The Bertz CT molecular complexity index is 412. The predicted octanol–water partition coefficient (Wildman–Crippen LogP) is 1.99. The van der Waals surface area contributed by atoms with Gasteiger partial charge in [0.2, 0.25) is 0 Å². The Morgan fingerprint density at radius 2 is 2.31 bits per heavy atom. The fraction of sp³-hybridized carbons (Fsp3) is 0.333. The van der Waals surface area contributed by atoms with E-state index in [2.05, 4.69) is 0 Å². The van der Waals surface area contributed by atoms with E-state index in [9.17, 15) is 4.79 Å². The summed E-state index contributed by atoms with van der Waals surface area (Å²) in [6.07, 6.45) is 2.01. The second-order valence-electron chi connectivity index (χ2n) is 3.41. The van der Waals surface area contributed by atoms with Gasteiger partial charge in [-0.3, -0.25) is 4.79 Å². The molecule has 1 amide bonds. The minimum absolute atomic E-state index is 0.0360. The molecule has 0 atom stereocenters. The Balaban J connectivity index is 2.76. The molecule has 0 aliphatic heterocycles. The van der Waals surface area contributed by atoms with Crippen LogP contribution in [0.4, 0.5) is 0 Å². The van der Waals surface area contributed by atoms with Crippen molar-refractivity contribution in [2.75, 3.05) is 25.6 Å². The molecular weight excluding hydrogens is 220 g/mol. The van der Waals surface area contributed by atoms with Gasteiger partial charge in [-0.05, 0) is 24.5 Å². The Hall–Kier alpha value is -1.47. The smallest absolute Gasteiger partial charge is 0.253 e. The van der Waals surface area contributed by atoms with Gasteiger partial charge in [-0.15, -0.1) is 0 Å². The third kappa shape index (κ3) is 3.28. The van der Waals surface area contributed by atoms with Crippen molar-refractivity contribution in [3.05, 3.63) is 35.4 Å². The summed E-state index contributed by atoms with van der Waals surface area (Å²) in [5.74, 6) is 0.881. The molecule has 16 heavy (non-hydrogen) atoms. The number of carbonyl (C=O) groups is 1. The van der Waals surface area contributed by atoms with Crippen LogP contribution in [0.5, 0.6) is 0 Å². The first-order chi connectivity index (χ1) is 7.69. The molecule has 0 spiro atoms. The third-order valence-corrected chi connectivity index (χ3v) is 2.81. The molecule has 0 aromatic heterocycles. The number of nitrogens with zero attached hydrogens (tertiary/aromatic N) is 2. The molecule has 0 unspecified atom stereocenters. The summed E-state index contributed by atoms with van der Waals surface area (Å²) in [6.45, 7) is 0.719. The molecule has 4 heteroatoms. The number of rotatable bonds is 4. The highest BCUT2D eigenvalue weighted by Crippen LogP contribution is 2.07. The maximum Gasteiger partial charge on any atom is 0.253 e. The topological polar surface area (TPSA) is 44.1 Å². The SMILES string of the molecule is CSCCN(C)C(=O)c1cccc(C#N)c1. The lowest BCUT2D eigenvalue weighted by Gasteiger charge is -2.16. The van der Waals surface area contributed by atoms with Crippen LogP contribution in [-0.2, 0) is 0 Å². The molecule has 0 fully saturated rings. The Labute approximate surface area is 100 Å². The molecule has 1 aromatic rings. The summed E-state index contributed by atoms with van der Waals surface area (Å²) in [4.78, 5) is 13.6. The zero-order valence-electron chi connectivity index (χ0n) is 9.43. The number of hydrogen-bond donors (Lipinski definition) is 0. The van der Waals surface area contributed by atoms with Crippen molar-refractivity contribution in [3.63, 3.8) is 0 Å². The predicted molar refractivity (Wildman–Crippen MR) is 66.5 cm³/mol. The average molecular weight is 234 g/mol. The van der Waals surface area contributed by atoms with Gasteiger partial charge in [0.05, 0.1) is 11.6 Å². The van der Waals surface area contributed by atoms with Crippen LogP contribution in [0.25, 0.3) is 0 Å². The van der Waals surface area contributed by atoms with Crippen molar-refractivity contribution < 1.29 is 4.79 Å². The van der Waals surface area contributed by atoms with Gasteiger partial charge in [0, 0.05) is 24.9 Å². The number of carbonyl (C=O) groups excluding carboxylic acids is 1. The number of thioether (sulfide) groups is 1. The van der Waals surface area contributed by atoms with Crippen LogP contribution in [0, 0.1) is 11.3 Å². The van der Waals surface area contributed by atoms with Crippen molar-refractivity contribution in [1.82, 2.24) is 4.90 Å². The highest BCUT2D eigenvalue weighted by atomic mass is 32.2. The maximum absolute atomic E-state index is 11.9. The van der Waals surface area contributed by atoms with Gasteiger partial charge in [0.1, 0.15) is 0 Å². The zero-order chi connectivity index (χ0) is 12.0. The van der Waals surface area contributed by atoms with Crippen LogP contribution in [0.2, 0.25) is 0 Å². The zero-order valence-corrected chi connectivity index (χ0v) is 10.3. The molecule has 0 bridgehead atoms. The lowest BCUT2D eigenvalue weighted by atomic mass is 10.1. The molecule has 84 valence electrons. The first kappa shape index (κ1) is 12.6. The van der Waals surface area contributed by atoms with Crippen molar-refractivity contribution in [1.29, 1.82) is 5.26 Å². The monoisotopic (exact) mass is 234 g/mol. The van der Waals surface area contributed by atoms with Crippen LogP contribution in [0.3, 0.4) is 0 Å². The second kappa shape index (κ2) is 6.19. The van der Waals surface area contributed by atoms with Crippen molar-refractivity contribution in [2.45, 2.75) is 0 Å². The van der Waals surface area contributed by atoms with Crippen LogP contribution < -0.4 is 0 Å². The van der Waals surface area contributed by atoms with E-state index >= 15 is 0 Å². The van der Waals surface area contributed by atoms with Crippen molar-refractivity contribution in [2.24, 2.45) is 0 Å². The van der Waals surface area contributed by atoms with Crippen molar-refractivity contribution in [3.8, 4) is 6.07 Å². The van der Waals surface area contributed by atoms with Crippen LogP contribution in [0.15, 0.2) is 24.3 Å². The fourth-order valence-electron chi connectivity index (χ4n) is 1.27. The Morgan fingerprint density at radius 3 is 2.94 bits per heavy atom. The van der Waals surface area contributed by atoms with Gasteiger partial charge in [-0.1, -0.05) is 6.07 Å². The van der Waals surface area contributed by atoms with E-state index in [1.54, 1.807) is 48.0 Å². The van der Waals surface area contributed by atoms with Gasteiger partial charge in [0.25, 0.3) is 5.91 Å². The molecule has 0 saturated heterocycles. The Morgan fingerprint density at radius 1 is 1.56 bits per heavy atom. The third-order valence-electron chi connectivity index (χ3n) is 2.22. The molecular formula is C12H14N2OS. The normalized spacial score (nSPS) is 9.56. The standard InChI is InChI=1S/C12H14N2OS/c1-14(6-7-16-2)12(15)11-5-3-4-10(8-11)9-13/h3-5,8H,6-7H2,1-2H3. The Kier molecular flexibility index (Phi) is 4.87. The van der Waals surface area contributed by atoms with Crippen LogP contribution in [0.1, 0.15) is 15.9 Å². The lowest BCUT2D eigenvalue weighted by Crippen LogP contribution is -2.28. The van der Waals surface area contributed by atoms with Crippen molar-refractivity contribution >= 4 is 17.7 Å². The van der Waals surface area contributed by atoms with Gasteiger partial charge in [0.15, 0.2) is 0 Å². The number of hydrogen-bond acceptors (Lipinski definition) is 3. The summed E-state index contributed by atoms with van der Waals surface area (Å²) in [5.41, 5.74) is 1.09. The molecule has 0 radical (unpaired) electrons. The van der Waals surface area contributed by atoms with Gasteiger partial charge in [-0.2, -0.15) is 17.0 Å². The van der Waals surface area contributed by atoms with Gasteiger partial charge >= 0.3 is 0 Å². The van der Waals surface area contributed by atoms with Crippen LogP contribution >= 0.6 is 11.8 Å². The quantitative estimate of drug-likeness (QED) is 0.800. The second-order valence-corrected chi connectivity index (χ2v) is 4.40. The molecule has 3 nitrogen and oxygen atoms in total. The van der Waals surface area contributed by atoms with E-state index in [0.29, 0.717) is 11.1 Å². The molecule has 0 N–H and O–H groups in total. The number of benzene rings is 1. The molecule has 0 aliphatic carbocycles. The van der Waals surface area contributed by atoms with E-state index < -0.39 is 0 Å². The summed E-state index contributed by atoms with van der Waals surface area (Å²) < 4.78 is 0. The fourth-order valence-corrected chi connectivity index (χ4v) is 1.73. The number of amides is 1. The van der Waals surface area contributed by atoms with Gasteiger partial charge < -0.3 is 4.90 Å². The summed E-state index contributed by atoms with van der Waals surface area (Å²) >= 11 is 1.70. The molecule has 1 aromatic carbocycles. The first-order valence-electron chi connectivity index (χ1n) is 4.93.